The zero-order valence-corrected chi connectivity index (χ0v) is 12.0. The Morgan fingerprint density at radius 1 is 1.09 bits per heavy atom. The van der Waals surface area contributed by atoms with Crippen LogP contribution in [0.1, 0.15) is 27.0 Å². The van der Waals surface area contributed by atoms with Crippen molar-refractivity contribution in [3.63, 3.8) is 0 Å². The molecule has 0 aliphatic heterocycles. The lowest BCUT2D eigenvalue weighted by Crippen LogP contribution is -2.05. The molecule has 2 aromatic rings. The van der Waals surface area contributed by atoms with Gasteiger partial charge in [0.05, 0.1) is 29.5 Å². The van der Waals surface area contributed by atoms with Crippen molar-refractivity contribution < 1.29 is 9.53 Å². The van der Waals surface area contributed by atoms with Crippen LogP contribution in [-0.2, 0) is 11.3 Å². The topological polar surface area (TPSA) is 85.9 Å². The van der Waals surface area contributed by atoms with Gasteiger partial charge in [-0.05, 0) is 29.8 Å². The normalized spacial score (nSPS) is 9.41. The summed E-state index contributed by atoms with van der Waals surface area (Å²) < 4.78 is 4.64. The number of para-hydroxylation sites is 1. The maximum absolute atomic E-state index is 11.4. The third-order valence-electron chi connectivity index (χ3n) is 3.15. The van der Waals surface area contributed by atoms with Gasteiger partial charge in [0.15, 0.2) is 0 Å². The van der Waals surface area contributed by atoms with Gasteiger partial charge in [-0.25, -0.2) is 4.79 Å². The van der Waals surface area contributed by atoms with E-state index in [1.807, 2.05) is 0 Å². The van der Waals surface area contributed by atoms with E-state index >= 15 is 0 Å². The average molecular weight is 291 g/mol. The van der Waals surface area contributed by atoms with E-state index in [1.54, 1.807) is 42.5 Å². The predicted octanol–water partition coefficient (Wildman–Crippen LogP) is 2.83. The first kappa shape index (κ1) is 15.1. The predicted molar refractivity (Wildman–Crippen MR) is 81.0 cm³/mol. The lowest BCUT2D eigenvalue weighted by molar-refractivity contribution is 0.0600. The minimum Gasteiger partial charge on any atom is -0.465 e. The lowest BCUT2D eigenvalue weighted by Gasteiger charge is -2.10. The summed E-state index contributed by atoms with van der Waals surface area (Å²) in [4.78, 5) is 11.4. The maximum atomic E-state index is 11.4. The first-order chi connectivity index (χ1) is 10.7. The van der Waals surface area contributed by atoms with Crippen LogP contribution in [0.3, 0.4) is 0 Å². The Morgan fingerprint density at radius 3 is 2.18 bits per heavy atom. The average Bonchev–Trinajstić information content (AvgIpc) is 2.59. The number of methoxy groups -OCH3 is 1. The molecule has 5 nitrogen and oxygen atoms in total. The number of nitrogens with zero attached hydrogens (tertiary/aromatic N) is 2. The Morgan fingerprint density at radius 2 is 1.68 bits per heavy atom. The van der Waals surface area contributed by atoms with Crippen LogP contribution < -0.4 is 5.32 Å². The largest absolute Gasteiger partial charge is 0.465 e. The number of esters is 1. The monoisotopic (exact) mass is 291 g/mol. The highest BCUT2D eigenvalue weighted by Crippen LogP contribution is 2.20. The molecule has 0 aliphatic rings. The second-order valence-corrected chi connectivity index (χ2v) is 4.49. The summed E-state index contributed by atoms with van der Waals surface area (Å²) in [5.74, 6) is -0.388. The molecule has 0 aromatic heterocycles. The molecule has 22 heavy (non-hydrogen) atoms. The van der Waals surface area contributed by atoms with Gasteiger partial charge in [-0.1, -0.05) is 18.2 Å². The lowest BCUT2D eigenvalue weighted by atomic mass is 10.1. The molecule has 0 aliphatic carbocycles. The van der Waals surface area contributed by atoms with Crippen LogP contribution in [0, 0.1) is 22.7 Å². The molecule has 0 saturated heterocycles. The molecule has 0 spiro atoms. The number of carbonyl (C=O) groups is 1. The fourth-order valence-electron chi connectivity index (χ4n) is 2.00. The van der Waals surface area contributed by atoms with Crippen molar-refractivity contribution >= 4 is 11.7 Å². The molecule has 0 amide bonds. The van der Waals surface area contributed by atoms with Crippen LogP contribution in [0.15, 0.2) is 42.5 Å². The number of anilines is 1. The van der Waals surface area contributed by atoms with Crippen LogP contribution in [0.25, 0.3) is 0 Å². The number of nitrogens with one attached hydrogen (secondary N) is 1. The van der Waals surface area contributed by atoms with Crippen molar-refractivity contribution in [1.29, 1.82) is 10.5 Å². The zero-order chi connectivity index (χ0) is 15.9. The Labute approximate surface area is 128 Å². The summed E-state index contributed by atoms with van der Waals surface area (Å²) in [6.07, 6.45) is 0. The van der Waals surface area contributed by atoms with Crippen molar-refractivity contribution in [1.82, 2.24) is 0 Å². The molecule has 108 valence electrons. The minimum absolute atomic E-state index is 0.388. The third-order valence-corrected chi connectivity index (χ3v) is 3.15. The molecule has 0 fully saturated rings. The highest BCUT2D eigenvalue weighted by Gasteiger charge is 2.08. The highest BCUT2D eigenvalue weighted by molar-refractivity contribution is 5.89. The number of ether oxygens (including phenoxy) is 1. The van der Waals surface area contributed by atoms with Crippen molar-refractivity contribution in [3.8, 4) is 12.1 Å². The number of nitriles is 2. The molecule has 2 aromatic carbocycles. The summed E-state index contributed by atoms with van der Waals surface area (Å²) in [5.41, 5.74) is 2.76. The van der Waals surface area contributed by atoms with Crippen molar-refractivity contribution in [2.75, 3.05) is 12.4 Å². The molecular formula is C17H13N3O2. The molecule has 0 radical (unpaired) electrons. The van der Waals surface area contributed by atoms with E-state index < -0.39 is 0 Å². The van der Waals surface area contributed by atoms with E-state index in [1.165, 1.54) is 7.11 Å². The fourth-order valence-corrected chi connectivity index (χ4v) is 2.00. The van der Waals surface area contributed by atoms with Crippen LogP contribution in [0.2, 0.25) is 0 Å². The van der Waals surface area contributed by atoms with Crippen molar-refractivity contribution in [2.24, 2.45) is 0 Å². The Bertz CT molecular complexity index is 736. The number of carbonyl (C=O) groups excluding carboxylic acids is 1. The molecule has 0 heterocycles. The maximum Gasteiger partial charge on any atom is 0.337 e. The highest BCUT2D eigenvalue weighted by atomic mass is 16.5. The van der Waals surface area contributed by atoms with Crippen LogP contribution in [0.5, 0.6) is 0 Å². The Hall–Kier alpha value is -3.31. The van der Waals surface area contributed by atoms with E-state index in [0.29, 0.717) is 28.9 Å². The van der Waals surface area contributed by atoms with Gasteiger partial charge in [-0.3, -0.25) is 0 Å². The van der Waals surface area contributed by atoms with Gasteiger partial charge in [0, 0.05) is 6.54 Å². The molecule has 0 saturated carbocycles. The second kappa shape index (κ2) is 6.92. The van der Waals surface area contributed by atoms with Gasteiger partial charge in [0.2, 0.25) is 0 Å². The molecule has 2 rings (SSSR count). The van der Waals surface area contributed by atoms with E-state index in [-0.39, 0.29) is 5.97 Å². The molecule has 0 atom stereocenters. The van der Waals surface area contributed by atoms with E-state index in [0.717, 1.165) is 5.56 Å². The van der Waals surface area contributed by atoms with Gasteiger partial charge in [-0.2, -0.15) is 10.5 Å². The van der Waals surface area contributed by atoms with Gasteiger partial charge >= 0.3 is 5.97 Å². The minimum atomic E-state index is -0.388. The SMILES string of the molecule is COC(=O)c1ccc(CNc2c(C#N)cccc2C#N)cc1. The van der Waals surface area contributed by atoms with Crippen LogP contribution in [-0.4, -0.2) is 13.1 Å². The Kier molecular flexibility index (Phi) is 4.74. The number of benzene rings is 2. The summed E-state index contributed by atoms with van der Waals surface area (Å²) in [6.45, 7) is 0.439. The first-order valence-corrected chi connectivity index (χ1v) is 6.54. The smallest absolute Gasteiger partial charge is 0.337 e. The summed E-state index contributed by atoms with van der Waals surface area (Å²) in [5, 5.41) is 21.3. The quantitative estimate of drug-likeness (QED) is 0.875. The molecule has 0 unspecified atom stereocenters. The standard InChI is InChI=1S/C17H13N3O2/c1-22-17(21)13-7-5-12(6-8-13)11-20-16-14(9-18)3-2-4-15(16)10-19/h2-8,20H,11H2,1H3. The van der Waals surface area contributed by atoms with Gasteiger partial charge in [-0.15, -0.1) is 0 Å². The zero-order valence-electron chi connectivity index (χ0n) is 12.0. The first-order valence-electron chi connectivity index (χ1n) is 6.54. The van der Waals surface area contributed by atoms with Crippen LogP contribution >= 0.6 is 0 Å². The number of rotatable bonds is 4. The summed E-state index contributed by atoms with van der Waals surface area (Å²) in [6, 6.07) is 16.0. The summed E-state index contributed by atoms with van der Waals surface area (Å²) >= 11 is 0. The van der Waals surface area contributed by atoms with Crippen molar-refractivity contribution in [2.45, 2.75) is 6.54 Å². The molecule has 5 heteroatoms. The van der Waals surface area contributed by atoms with Gasteiger partial charge in [0.1, 0.15) is 12.1 Å². The Balaban J connectivity index is 2.16. The molecule has 1 N–H and O–H groups in total. The van der Waals surface area contributed by atoms with Crippen LogP contribution in [0.4, 0.5) is 5.69 Å². The van der Waals surface area contributed by atoms with E-state index in [2.05, 4.69) is 22.2 Å². The van der Waals surface area contributed by atoms with Gasteiger partial charge in [0.25, 0.3) is 0 Å². The van der Waals surface area contributed by atoms with Crippen molar-refractivity contribution in [3.05, 3.63) is 64.7 Å². The number of hydrogen-bond acceptors (Lipinski definition) is 5. The van der Waals surface area contributed by atoms with E-state index in [9.17, 15) is 4.79 Å². The number of hydrogen-bond donors (Lipinski definition) is 1. The molecular weight excluding hydrogens is 278 g/mol. The molecule has 0 bridgehead atoms. The van der Waals surface area contributed by atoms with E-state index in [4.69, 9.17) is 10.5 Å². The fraction of sp³-hybridized carbons (Fsp3) is 0.118. The summed E-state index contributed by atoms with van der Waals surface area (Å²) in [7, 11) is 1.33. The third kappa shape index (κ3) is 3.23. The second-order valence-electron chi connectivity index (χ2n) is 4.49. The van der Waals surface area contributed by atoms with Gasteiger partial charge < -0.3 is 10.1 Å².